The Morgan fingerprint density at radius 3 is 2.18 bits per heavy atom. The van der Waals surface area contributed by atoms with Gasteiger partial charge >= 0.3 is 6.03 Å². The van der Waals surface area contributed by atoms with E-state index in [0.717, 1.165) is 108 Å². The minimum absolute atomic E-state index is 0.000196. The van der Waals surface area contributed by atoms with Gasteiger partial charge in [0.05, 0.1) is 17.4 Å². The van der Waals surface area contributed by atoms with Gasteiger partial charge in [-0.3, -0.25) is 38.8 Å². The normalized spacial score (nSPS) is 21.1. The third-order valence-corrected chi connectivity index (χ3v) is 15.1. The fraction of sp³-hybridized carbons (Fsp3) is 0.531. The van der Waals surface area contributed by atoms with E-state index in [9.17, 15) is 28.8 Å². The molecule has 1 aliphatic carbocycles. The van der Waals surface area contributed by atoms with Crippen molar-refractivity contribution in [3.63, 3.8) is 0 Å². The molecule has 5 aliphatic heterocycles. The van der Waals surface area contributed by atoms with Crippen LogP contribution in [0.15, 0.2) is 47.5 Å². The molecule has 1 atom stereocenters. The summed E-state index contributed by atoms with van der Waals surface area (Å²) in [6.45, 7) is 12.5. The van der Waals surface area contributed by atoms with Crippen LogP contribution in [0.2, 0.25) is 0 Å². The van der Waals surface area contributed by atoms with Gasteiger partial charge in [0, 0.05) is 107 Å². The number of anilines is 4. The third-order valence-electron chi connectivity index (χ3n) is 15.1. The number of ketones is 1. The molecule has 0 radical (unpaired) electrons. The molecule has 352 valence electrons. The highest BCUT2D eigenvalue weighted by atomic mass is 16.2. The molecular formula is C49H60N12O6. The van der Waals surface area contributed by atoms with Crippen molar-refractivity contribution in [3.8, 4) is 0 Å². The van der Waals surface area contributed by atoms with Crippen molar-refractivity contribution >= 4 is 63.7 Å². The zero-order valence-corrected chi connectivity index (χ0v) is 38.5. The number of Topliss-reactive ketones (excluding diaryl/α,β-unsaturated/α-hetero) is 1. The van der Waals surface area contributed by atoms with Crippen molar-refractivity contribution in [1.29, 1.82) is 0 Å². The summed E-state index contributed by atoms with van der Waals surface area (Å²) in [5.74, 6) is 0.488. The van der Waals surface area contributed by atoms with Crippen LogP contribution in [0, 0.1) is 12.8 Å². The monoisotopic (exact) mass is 912 g/mol. The van der Waals surface area contributed by atoms with Gasteiger partial charge in [-0.05, 0) is 106 Å². The number of nitrogens with one attached hydrogen (secondary N) is 2. The Balaban J connectivity index is 0.654. The maximum absolute atomic E-state index is 13.6. The number of benzene rings is 1. The van der Waals surface area contributed by atoms with Crippen LogP contribution < -0.4 is 26.0 Å². The number of amides is 5. The number of carbonyl (C=O) groups excluding carboxylic acids is 5. The average Bonchev–Trinajstić information content (AvgIpc) is 3.99. The van der Waals surface area contributed by atoms with Gasteiger partial charge in [-0.2, -0.15) is 4.98 Å². The molecule has 5 amide bonds. The maximum atomic E-state index is 13.6. The molecule has 18 nitrogen and oxygen atoms in total. The van der Waals surface area contributed by atoms with Crippen molar-refractivity contribution < 1.29 is 24.0 Å². The molecule has 4 saturated heterocycles. The van der Waals surface area contributed by atoms with Gasteiger partial charge in [0.1, 0.15) is 17.5 Å². The summed E-state index contributed by atoms with van der Waals surface area (Å²) < 4.78 is 1.71. The summed E-state index contributed by atoms with van der Waals surface area (Å²) in [6.07, 6.45) is 11.3. The van der Waals surface area contributed by atoms with Crippen LogP contribution in [0.5, 0.6) is 0 Å². The van der Waals surface area contributed by atoms with Crippen LogP contribution >= 0.6 is 0 Å². The van der Waals surface area contributed by atoms with Crippen molar-refractivity contribution in [1.82, 2.24) is 44.4 Å². The van der Waals surface area contributed by atoms with Gasteiger partial charge in [0.2, 0.25) is 17.8 Å². The van der Waals surface area contributed by atoms with Gasteiger partial charge in [-0.25, -0.2) is 14.8 Å². The number of rotatable bonds is 10. The first-order chi connectivity index (χ1) is 32.5. The molecule has 1 aromatic carbocycles. The van der Waals surface area contributed by atoms with Gasteiger partial charge in [0.15, 0.2) is 5.78 Å². The van der Waals surface area contributed by atoms with E-state index in [1.54, 1.807) is 22.6 Å². The summed E-state index contributed by atoms with van der Waals surface area (Å²) in [5.41, 5.74) is 4.74. The summed E-state index contributed by atoms with van der Waals surface area (Å²) in [6, 6.07) is 9.43. The minimum atomic E-state index is -0.605. The smallest absolute Gasteiger partial charge is 0.320 e. The minimum Gasteiger partial charge on any atom is -0.372 e. The largest absolute Gasteiger partial charge is 0.372 e. The van der Waals surface area contributed by atoms with Crippen LogP contribution in [0.25, 0.3) is 11.0 Å². The Hall–Kier alpha value is -6.43. The zero-order valence-electron chi connectivity index (χ0n) is 38.5. The van der Waals surface area contributed by atoms with Crippen molar-refractivity contribution in [2.24, 2.45) is 5.92 Å². The van der Waals surface area contributed by atoms with Gasteiger partial charge < -0.3 is 29.8 Å². The van der Waals surface area contributed by atoms with Gasteiger partial charge in [0.25, 0.3) is 11.5 Å². The van der Waals surface area contributed by atoms with E-state index >= 15 is 0 Å². The molecule has 3 aromatic heterocycles. The summed E-state index contributed by atoms with van der Waals surface area (Å²) in [7, 11) is 0. The van der Waals surface area contributed by atoms with Crippen LogP contribution in [-0.4, -0.2) is 147 Å². The van der Waals surface area contributed by atoms with E-state index in [-0.39, 0.29) is 53.1 Å². The molecule has 5 fully saturated rings. The second-order valence-electron chi connectivity index (χ2n) is 19.2. The lowest BCUT2D eigenvalue weighted by molar-refractivity contribution is -0.136. The van der Waals surface area contributed by atoms with E-state index in [4.69, 9.17) is 4.98 Å². The number of piperazine rings is 2. The lowest BCUT2D eigenvalue weighted by Crippen LogP contribution is -2.57. The number of carbonyl (C=O) groups is 5. The van der Waals surface area contributed by atoms with E-state index in [0.29, 0.717) is 79.0 Å². The number of urea groups is 1. The molecule has 0 spiro atoms. The number of piperidine rings is 2. The molecule has 0 bridgehead atoms. The first kappa shape index (κ1) is 44.4. The quantitative estimate of drug-likeness (QED) is 0.168. The number of nitrogens with zero attached hydrogens (tertiary/aromatic N) is 10. The van der Waals surface area contributed by atoms with Crippen LogP contribution in [0.4, 0.5) is 27.9 Å². The highest BCUT2D eigenvalue weighted by Gasteiger charge is 2.39. The number of pyridine rings is 2. The molecule has 18 heteroatoms. The molecule has 67 heavy (non-hydrogen) atoms. The Morgan fingerprint density at radius 2 is 1.49 bits per heavy atom. The Labute approximate surface area is 389 Å². The highest BCUT2D eigenvalue weighted by Crippen LogP contribution is 2.34. The van der Waals surface area contributed by atoms with E-state index in [1.807, 2.05) is 40.3 Å². The van der Waals surface area contributed by atoms with Crippen molar-refractivity contribution in [2.75, 3.05) is 87.1 Å². The summed E-state index contributed by atoms with van der Waals surface area (Å²) >= 11 is 0. The maximum Gasteiger partial charge on any atom is 0.320 e. The molecule has 1 unspecified atom stereocenters. The predicted molar refractivity (Wildman–Crippen MR) is 253 cm³/mol. The molecule has 2 N–H and O–H groups in total. The molecule has 8 heterocycles. The second-order valence-corrected chi connectivity index (χ2v) is 19.2. The Bertz CT molecular complexity index is 2640. The van der Waals surface area contributed by atoms with Crippen LogP contribution in [0.1, 0.15) is 103 Å². The highest BCUT2D eigenvalue weighted by molar-refractivity contribution is 6.05. The third kappa shape index (κ3) is 8.94. The number of aryl methyl sites for hydroxylation is 1. The Morgan fingerprint density at radius 1 is 0.791 bits per heavy atom. The number of aromatic nitrogens is 4. The average molecular weight is 913 g/mol. The number of imide groups is 1. The van der Waals surface area contributed by atoms with E-state index < -0.39 is 6.04 Å². The molecule has 4 aromatic rings. The molecule has 1 saturated carbocycles. The SMILES string of the molecule is CC(=O)c1c(C)c2cnc(Nc3ccc(N4CCN(C(=O)N5CCN(CCC6CCN(c7ccc8c(c7)CN(C7CCC(=O)NC7=O)C8=O)CC6)CC5)CC4)cn3)nc2n(C2CCCC2)c1=O. The molecule has 10 rings (SSSR count). The summed E-state index contributed by atoms with van der Waals surface area (Å²) in [5, 5.41) is 6.29. The molecular weight excluding hydrogens is 853 g/mol. The number of hydrogen-bond donors (Lipinski definition) is 2. The van der Waals surface area contributed by atoms with E-state index in [2.05, 4.69) is 41.4 Å². The lowest BCUT2D eigenvalue weighted by atomic mass is 9.92. The fourth-order valence-corrected chi connectivity index (χ4v) is 11.2. The second kappa shape index (κ2) is 18.7. The zero-order chi connectivity index (χ0) is 46.3. The fourth-order valence-electron chi connectivity index (χ4n) is 11.2. The van der Waals surface area contributed by atoms with Gasteiger partial charge in [-0.1, -0.05) is 12.8 Å². The number of fused-ring (bicyclic) bond motifs is 2. The predicted octanol–water partition coefficient (Wildman–Crippen LogP) is 4.48. The lowest BCUT2D eigenvalue weighted by Gasteiger charge is -2.41. The van der Waals surface area contributed by atoms with Crippen LogP contribution in [0.3, 0.4) is 0 Å². The van der Waals surface area contributed by atoms with Gasteiger partial charge in [-0.15, -0.1) is 0 Å². The first-order valence-electron chi connectivity index (χ1n) is 24.2. The standard InChI is InChI=1S/C49H60N12O6/c1-31-39-29-51-48(54-44(39)61(35-5-3-4-6-35)47(66)43(31)32(2)62)52-41-11-8-37(28-50-41)57-23-25-59(26-24-57)49(67)58-21-19-55(20-22-58)16-13-33-14-17-56(18-15-33)36-7-9-38-34(27-36)30-60(46(38)65)40-10-12-42(63)53-45(40)64/h7-9,11,27-29,33,35,40H,3-6,10,12-26,30H2,1-2H3,(H,53,63,64)(H,50,51,52,54). The topological polar surface area (TPSA) is 190 Å². The van der Waals surface area contributed by atoms with Crippen molar-refractivity contribution in [2.45, 2.75) is 90.3 Å². The first-order valence-corrected chi connectivity index (χ1v) is 24.2. The van der Waals surface area contributed by atoms with Crippen molar-refractivity contribution in [3.05, 3.63) is 75.3 Å². The molecule has 6 aliphatic rings. The van der Waals surface area contributed by atoms with E-state index in [1.165, 1.54) is 6.92 Å². The summed E-state index contributed by atoms with van der Waals surface area (Å²) in [4.78, 5) is 104. The van der Waals surface area contributed by atoms with Crippen LogP contribution in [-0.2, 0) is 16.1 Å². The number of hydrogen-bond acceptors (Lipinski definition) is 13. The Kier molecular flexibility index (Phi) is 12.4.